The molecule has 0 saturated heterocycles. The van der Waals surface area contributed by atoms with Crippen LogP contribution in [0.4, 0.5) is 0 Å². The van der Waals surface area contributed by atoms with E-state index in [9.17, 15) is 0 Å². The first-order chi connectivity index (χ1) is 7.85. The fraction of sp³-hybridized carbons (Fsp3) is 0.375. The summed E-state index contributed by atoms with van der Waals surface area (Å²) in [6.45, 7) is 8.45. The Labute approximate surface area is 99.3 Å². The number of hydrogen-bond acceptors (Lipinski definition) is 0. The normalized spacial score (nSPS) is 9.75. The summed E-state index contributed by atoms with van der Waals surface area (Å²) in [7, 11) is 0. The summed E-state index contributed by atoms with van der Waals surface area (Å²) in [5, 5.41) is 2.73. The largest absolute Gasteiger partial charge is 0.0683 e. The van der Waals surface area contributed by atoms with Crippen LogP contribution in [-0.2, 0) is 12.8 Å². The lowest BCUT2D eigenvalue weighted by molar-refractivity contribution is 1.04. The number of benzene rings is 2. The van der Waals surface area contributed by atoms with Crippen LogP contribution in [0.25, 0.3) is 10.8 Å². The third-order valence-corrected chi connectivity index (χ3v) is 2.83. The van der Waals surface area contributed by atoms with E-state index in [0.717, 1.165) is 12.8 Å². The van der Waals surface area contributed by atoms with Crippen LogP contribution in [0.5, 0.6) is 0 Å². The monoisotopic (exact) mass is 214 g/mol. The van der Waals surface area contributed by atoms with Gasteiger partial charge in [-0.3, -0.25) is 0 Å². The first kappa shape index (κ1) is 12.8. The molecule has 0 aromatic heterocycles. The summed E-state index contributed by atoms with van der Waals surface area (Å²) in [6, 6.07) is 13.2. The molecule has 0 saturated carbocycles. The molecule has 0 fully saturated rings. The summed E-state index contributed by atoms with van der Waals surface area (Å²) in [4.78, 5) is 0. The molecule has 0 heteroatoms. The summed E-state index contributed by atoms with van der Waals surface area (Å²) < 4.78 is 0. The number of rotatable bonds is 2. The van der Waals surface area contributed by atoms with E-state index in [1.54, 1.807) is 0 Å². The van der Waals surface area contributed by atoms with Gasteiger partial charge in [-0.25, -0.2) is 0 Å². The lowest BCUT2D eigenvalue weighted by atomic mass is 9.98. The van der Waals surface area contributed by atoms with Crippen LogP contribution in [-0.4, -0.2) is 0 Å². The lowest BCUT2D eigenvalue weighted by Crippen LogP contribution is -1.90. The van der Waals surface area contributed by atoms with E-state index in [4.69, 9.17) is 0 Å². The molecule has 86 valence electrons. The van der Waals surface area contributed by atoms with Crippen molar-refractivity contribution in [1.29, 1.82) is 0 Å². The fourth-order valence-electron chi connectivity index (χ4n) is 1.99. The van der Waals surface area contributed by atoms with Gasteiger partial charge in [-0.15, -0.1) is 0 Å². The minimum absolute atomic E-state index is 1.13. The molecule has 0 aliphatic heterocycles. The highest BCUT2D eigenvalue weighted by Gasteiger charge is 2.00. The fourth-order valence-corrected chi connectivity index (χ4v) is 1.99. The molecule has 2 rings (SSSR count). The molecule has 0 bridgehead atoms. The molecule has 0 atom stereocenters. The second-order valence-electron chi connectivity index (χ2n) is 3.68. The van der Waals surface area contributed by atoms with Crippen LogP contribution in [0.1, 0.15) is 38.8 Å². The van der Waals surface area contributed by atoms with Gasteiger partial charge in [0.15, 0.2) is 0 Å². The molecule has 0 aliphatic rings. The predicted octanol–water partition coefficient (Wildman–Crippen LogP) is 4.99. The van der Waals surface area contributed by atoms with E-state index in [0.29, 0.717) is 0 Å². The molecular weight excluding hydrogens is 192 g/mol. The Hall–Kier alpha value is -1.30. The number of hydrogen-bond donors (Lipinski definition) is 0. The molecule has 0 spiro atoms. The molecular formula is C16H22. The average Bonchev–Trinajstić information content (AvgIpc) is 2.39. The van der Waals surface area contributed by atoms with Gasteiger partial charge in [0, 0.05) is 0 Å². The number of aryl methyl sites for hydroxylation is 2. The Bertz CT molecular complexity index is 398. The highest BCUT2D eigenvalue weighted by molar-refractivity contribution is 5.84. The van der Waals surface area contributed by atoms with Gasteiger partial charge >= 0.3 is 0 Å². The first-order valence-electron chi connectivity index (χ1n) is 6.35. The molecule has 0 heterocycles. The maximum Gasteiger partial charge on any atom is -0.0181 e. The van der Waals surface area contributed by atoms with E-state index in [2.05, 4.69) is 50.2 Å². The van der Waals surface area contributed by atoms with E-state index in [1.165, 1.54) is 21.9 Å². The molecule has 0 nitrogen and oxygen atoms in total. The topological polar surface area (TPSA) is 0 Å². The summed E-state index contributed by atoms with van der Waals surface area (Å²) in [5.74, 6) is 0. The van der Waals surface area contributed by atoms with Crippen molar-refractivity contribution in [3.8, 4) is 0 Å². The van der Waals surface area contributed by atoms with E-state index in [-0.39, 0.29) is 0 Å². The highest BCUT2D eigenvalue weighted by Crippen LogP contribution is 2.20. The van der Waals surface area contributed by atoms with Crippen LogP contribution in [0.2, 0.25) is 0 Å². The predicted molar refractivity (Wildman–Crippen MR) is 74.1 cm³/mol. The van der Waals surface area contributed by atoms with Crippen molar-refractivity contribution in [3.05, 3.63) is 47.5 Å². The summed E-state index contributed by atoms with van der Waals surface area (Å²) in [6.07, 6.45) is 2.27. The van der Waals surface area contributed by atoms with Gasteiger partial charge in [0.25, 0.3) is 0 Å². The SMILES string of the molecule is CC.CCc1cc2ccccc2cc1CC. The Morgan fingerprint density at radius 2 is 1.12 bits per heavy atom. The third-order valence-electron chi connectivity index (χ3n) is 2.83. The lowest BCUT2D eigenvalue weighted by Gasteiger charge is -2.07. The van der Waals surface area contributed by atoms with Gasteiger partial charge in [0.2, 0.25) is 0 Å². The second-order valence-corrected chi connectivity index (χ2v) is 3.68. The first-order valence-corrected chi connectivity index (χ1v) is 6.35. The Kier molecular flexibility index (Phi) is 5.04. The Morgan fingerprint density at radius 3 is 1.44 bits per heavy atom. The van der Waals surface area contributed by atoms with Crippen LogP contribution in [0.3, 0.4) is 0 Å². The molecule has 0 amide bonds. The standard InChI is InChI=1S/C14H16.C2H6/c1-3-11-9-13-7-5-6-8-14(13)10-12(11)4-2;1-2/h5-10H,3-4H2,1-2H3;1-2H3. The molecule has 2 aromatic rings. The number of fused-ring (bicyclic) bond motifs is 1. The minimum Gasteiger partial charge on any atom is -0.0683 e. The maximum absolute atomic E-state index is 2.33. The van der Waals surface area contributed by atoms with Crippen molar-refractivity contribution in [2.45, 2.75) is 40.5 Å². The van der Waals surface area contributed by atoms with Crippen molar-refractivity contribution < 1.29 is 0 Å². The van der Waals surface area contributed by atoms with Crippen LogP contribution < -0.4 is 0 Å². The maximum atomic E-state index is 2.33. The molecule has 0 unspecified atom stereocenters. The van der Waals surface area contributed by atoms with Crippen LogP contribution in [0, 0.1) is 0 Å². The summed E-state index contributed by atoms with van der Waals surface area (Å²) in [5.41, 5.74) is 2.98. The van der Waals surface area contributed by atoms with Crippen molar-refractivity contribution in [3.63, 3.8) is 0 Å². The Morgan fingerprint density at radius 1 is 0.750 bits per heavy atom. The van der Waals surface area contributed by atoms with Crippen molar-refractivity contribution >= 4 is 10.8 Å². The van der Waals surface area contributed by atoms with E-state index < -0.39 is 0 Å². The molecule has 0 N–H and O–H groups in total. The van der Waals surface area contributed by atoms with Crippen molar-refractivity contribution in [1.82, 2.24) is 0 Å². The van der Waals surface area contributed by atoms with Gasteiger partial charge in [0.05, 0.1) is 0 Å². The minimum atomic E-state index is 1.13. The average molecular weight is 214 g/mol. The second kappa shape index (κ2) is 6.32. The molecule has 0 radical (unpaired) electrons. The quantitative estimate of drug-likeness (QED) is 0.660. The highest BCUT2D eigenvalue weighted by atomic mass is 14.1. The van der Waals surface area contributed by atoms with Crippen LogP contribution >= 0.6 is 0 Å². The van der Waals surface area contributed by atoms with E-state index in [1.807, 2.05) is 13.8 Å². The van der Waals surface area contributed by atoms with Gasteiger partial charge < -0.3 is 0 Å². The van der Waals surface area contributed by atoms with Crippen molar-refractivity contribution in [2.75, 3.05) is 0 Å². The van der Waals surface area contributed by atoms with Gasteiger partial charge in [-0.1, -0.05) is 64.1 Å². The zero-order valence-electron chi connectivity index (χ0n) is 10.9. The van der Waals surface area contributed by atoms with Crippen LogP contribution in [0.15, 0.2) is 36.4 Å². The molecule has 16 heavy (non-hydrogen) atoms. The van der Waals surface area contributed by atoms with E-state index >= 15 is 0 Å². The van der Waals surface area contributed by atoms with Gasteiger partial charge in [-0.2, -0.15) is 0 Å². The Balaban J connectivity index is 0.000000606. The molecule has 0 aliphatic carbocycles. The zero-order valence-corrected chi connectivity index (χ0v) is 10.9. The van der Waals surface area contributed by atoms with Gasteiger partial charge in [0.1, 0.15) is 0 Å². The van der Waals surface area contributed by atoms with Gasteiger partial charge in [-0.05, 0) is 34.7 Å². The third kappa shape index (κ3) is 2.63. The molecule has 2 aromatic carbocycles. The zero-order chi connectivity index (χ0) is 12.0. The smallest absolute Gasteiger partial charge is 0.0181 e. The van der Waals surface area contributed by atoms with Crippen molar-refractivity contribution in [2.24, 2.45) is 0 Å². The summed E-state index contributed by atoms with van der Waals surface area (Å²) >= 11 is 0.